The van der Waals surface area contributed by atoms with Gasteiger partial charge >= 0.3 is 95.0 Å². The molecule has 0 atom stereocenters. The number of alkyl halides is 4. The van der Waals surface area contributed by atoms with Gasteiger partial charge in [-0.15, -0.1) is 0 Å². The molecule has 0 aliphatic heterocycles. The molecule has 0 N–H and O–H groups in total. The van der Waals surface area contributed by atoms with Crippen molar-refractivity contribution < 1.29 is 34.4 Å². The summed E-state index contributed by atoms with van der Waals surface area (Å²) >= 11 is 5.21. The van der Waals surface area contributed by atoms with Gasteiger partial charge < -0.3 is 0 Å². The topological polar surface area (TPSA) is 12.9 Å². The number of hydrogen-bond acceptors (Lipinski definition) is 1. The summed E-state index contributed by atoms with van der Waals surface area (Å²) in [4.78, 5) is 5.44. The minimum absolute atomic E-state index is 0.293. The van der Waals surface area contributed by atoms with Crippen LogP contribution < -0.4 is 21.2 Å². The van der Waals surface area contributed by atoms with E-state index in [1.807, 2.05) is 4.93 Å². The molecule has 1 rings (SSSR count). The quantitative estimate of drug-likeness (QED) is 0.518. The Kier molecular flexibility index (Phi) is 3.63. The molecule has 14 heavy (non-hydrogen) atoms. The molecule has 0 radical (unpaired) electrons. The van der Waals surface area contributed by atoms with Crippen molar-refractivity contribution in [2.24, 2.45) is 0 Å². The molecule has 0 aliphatic rings. The monoisotopic (exact) mass is 336 g/mol. The molecule has 0 saturated carbocycles. The van der Waals surface area contributed by atoms with Gasteiger partial charge in [-0.1, -0.05) is 0 Å². The zero-order valence-corrected chi connectivity index (χ0v) is 10.3. The molecular formula is C8H7ClF3IN-. The normalized spacial score (nSPS) is 12.1. The third-order valence-corrected chi connectivity index (χ3v) is 4.12. The van der Waals surface area contributed by atoms with Crippen molar-refractivity contribution in [3.63, 3.8) is 0 Å². The molecule has 1 nitrogen and oxygen atoms in total. The van der Waals surface area contributed by atoms with Gasteiger partial charge in [-0.2, -0.15) is 0 Å². The van der Waals surface area contributed by atoms with E-state index in [-0.39, 0.29) is 26.2 Å². The van der Waals surface area contributed by atoms with E-state index in [4.69, 9.17) is 11.6 Å². The Morgan fingerprint density at radius 3 is 2.43 bits per heavy atom. The molecule has 0 fully saturated rings. The Hall–Kier alpha value is -0.0400. The van der Waals surface area contributed by atoms with E-state index in [1.54, 1.807) is 6.92 Å². The van der Waals surface area contributed by atoms with E-state index in [0.29, 0.717) is 5.69 Å². The van der Waals surface area contributed by atoms with E-state index in [2.05, 4.69) is 4.98 Å². The Bertz CT molecular complexity index is 351. The fourth-order valence-electron chi connectivity index (χ4n) is 0.949. The van der Waals surface area contributed by atoms with Crippen LogP contribution in [0.2, 0.25) is 5.02 Å². The van der Waals surface area contributed by atoms with Gasteiger partial charge in [0.05, 0.1) is 0 Å². The molecule has 80 valence electrons. The molecule has 1 aromatic rings. The van der Waals surface area contributed by atoms with E-state index in [1.165, 1.54) is 6.07 Å². The van der Waals surface area contributed by atoms with Crippen molar-refractivity contribution in [3.8, 4) is 0 Å². The van der Waals surface area contributed by atoms with Gasteiger partial charge in [-0.25, -0.2) is 0 Å². The maximum absolute atomic E-state index is 12.3. The fourth-order valence-corrected chi connectivity index (χ4v) is 2.92. The zero-order chi connectivity index (χ0) is 10.9. The van der Waals surface area contributed by atoms with Crippen LogP contribution in [0.5, 0.6) is 0 Å². The first-order chi connectivity index (χ1) is 6.36. The summed E-state index contributed by atoms with van der Waals surface area (Å²) in [6.07, 6.45) is -4.47. The third-order valence-electron chi connectivity index (χ3n) is 1.58. The van der Waals surface area contributed by atoms with Gasteiger partial charge in [0.1, 0.15) is 0 Å². The number of hydrogen-bond donors (Lipinski definition) is 0. The molecule has 0 unspecified atom stereocenters. The second kappa shape index (κ2) is 4.22. The maximum atomic E-state index is 12.3. The van der Waals surface area contributed by atoms with E-state index >= 15 is 0 Å². The minimum atomic E-state index is -4.47. The van der Waals surface area contributed by atoms with Gasteiger partial charge in [-0.3, -0.25) is 0 Å². The molecule has 0 bridgehead atoms. The number of aromatic nitrogens is 1. The molecule has 0 amide bonds. The van der Waals surface area contributed by atoms with Gasteiger partial charge in [0.25, 0.3) is 0 Å². The number of nitrogens with zero attached hydrogens (tertiary/aromatic N) is 1. The van der Waals surface area contributed by atoms with Crippen molar-refractivity contribution in [2.45, 2.75) is 13.1 Å². The van der Waals surface area contributed by atoms with Gasteiger partial charge in [-0.05, 0) is 0 Å². The summed E-state index contributed by atoms with van der Waals surface area (Å²) < 4.78 is 37.8. The summed E-state index contributed by atoms with van der Waals surface area (Å²) in [5, 5.41) is -0.306. The molecule has 6 heteroatoms. The van der Waals surface area contributed by atoms with Crippen LogP contribution in [-0.4, -0.2) is 9.91 Å². The number of rotatable bonds is 1. The van der Waals surface area contributed by atoms with E-state index < -0.39 is 11.9 Å². The van der Waals surface area contributed by atoms with Crippen LogP contribution in [0.15, 0.2) is 6.07 Å². The molecule has 1 aromatic heterocycles. The van der Waals surface area contributed by atoms with Crippen LogP contribution in [-0.2, 0) is 6.18 Å². The summed E-state index contributed by atoms with van der Waals surface area (Å²) in [6.45, 7) is 1.57. The van der Waals surface area contributed by atoms with Crippen LogP contribution >= 0.6 is 11.6 Å². The van der Waals surface area contributed by atoms with Crippen molar-refractivity contribution in [3.05, 3.63) is 26.0 Å². The summed E-state index contributed by atoms with van der Waals surface area (Å²) in [6, 6.07) is 1.37. The van der Waals surface area contributed by atoms with Crippen LogP contribution in [0.1, 0.15) is 11.4 Å². The Balaban J connectivity index is 3.29. The Morgan fingerprint density at radius 1 is 1.43 bits per heavy atom. The van der Waals surface area contributed by atoms with E-state index in [0.717, 1.165) is 3.57 Å². The predicted molar refractivity (Wildman–Crippen MR) is 43.6 cm³/mol. The molecule has 0 spiro atoms. The average Bonchev–Trinajstić information content (AvgIpc) is 2.06. The molecular weight excluding hydrogens is 329 g/mol. The van der Waals surface area contributed by atoms with Gasteiger partial charge in [0, 0.05) is 0 Å². The second-order valence-electron chi connectivity index (χ2n) is 2.57. The molecule has 0 aliphatic carbocycles. The Labute approximate surface area is 94.9 Å². The molecule has 0 aromatic carbocycles. The molecule has 0 saturated heterocycles. The zero-order valence-electron chi connectivity index (χ0n) is 7.41. The predicted octanol–water partition coefficient (Wildman–Crippen LogP) is -0.0494. The average molecular weight is 337 g/mol. The number of aryl methyl sites for hydroxylation is 1. The first-order valence-corrected chi connectivity index (χ1v) is 7.21. The van der Waals surface area contributed by atoms with Crippen LogP contribution in [0.4, 0.5) is 13.2 Å². The van der Waals surface area contributed by atoms with Gasteiger partial charge in [0.2, 0.25) is 0 Å². The molecule has 1 heterocycles. The van der Waals surface area contributed by atoms with Crippen molar-refractivity contribution in [2.75, 3.05) is 4.93 Å². The number of pyridine rings is 1. The third kappa shape index (κ3) is 2.50. The first kappa shape index (κ1) is 12.0. The number of halogens is 5. The standard InChI is InChI=1S/C8H7ClF3IN/c1-4-6(13-2)3-5(9)7(14-4)8(10,11)12/h3H,1-2H3/q-1. The first-order valence-electron chi connectivity index (χ1n) is 3.60. The van der Waals surface area contributed by atoms with Crippen molar-refractivity contribution in [1.29, 1.82) is 0 Å². The summed E-state index contributed by atoms with van der Waals surface area (Å²) in [5.41, 5.74) is -0.560. The van der Waals surface area contributed by atoms with Gasteiger partial charge in [0.15, 0.2) is 0 Å². The SMILES string of the molecule is C[I-]c1cc(Cl)c(C(F)(F)F)nc1C. The summed E-state index contributed by atoms with van der Waals surface area (Å²) in [7, 11) is 0. The van der Waals surface area contributed by atoms with Crippen molar-refractivity contribution in [1.82, 2.24) is 4.98 Å². The second-order valence-corrected chi connectivity index (χ2v) is 5.22. The Morgan fingerprint density at radius 2 is 2.00 bits per heavy atom. The van der Waals surface area contributed by atoms with Crippen LogP contribution in [0, 0.1) is 10.5 Å². The van der Waals surface area contributed by atoms with Crippen LogP contribution in [0.3, 0.4) is 0 Å². The summed E-state index contributed by atoms with van der Waals surface area (Å²) in [5.74, 6) is 0. The van der Waals surface area contributed by atoms with Crippen LogP contribution in [0.25, 0.3) is 0 Å². The fraction of sp³-hybridized carbons (Fsp3) is 0.375. The van der Waals surface area contributed by atoms with Crippen molar-refractivity contribution >= 4 is 11.6 Å². The van der Waals surface area contributed by atoms with E-state index in [9.17, 15) is 13.2 Å².